The standard InChI is InChI=1S/C22H24N4O4/c1-26-17(11-18(21(26)28)22(29)30-2)12-25-20(27)14-8-6-13(7-9-14)15-4-3-5-16(10-15)19(23)24/h3-10,17-18H,11-12H2,1-2H3,(H3,23,24)(H,25,27)/t17-,18-/m0/s1. The number of methoxy groups -OCH3 is 1. The molecule has 0 radical (unpaired) electrons. The Morgan fingerprint density at radius 3 is 2.50 bits per heavy atom. The van der Waals surface area contributed by atoms with Crippen LogP contribution >= 0.6 is 0 Å². The number of benzene rings is 2. The molecule has 1 saturated heterocycles. The molecule has 2 aromatic rings. The number of nitrogens with two attached hydrogens (primary N) is 1. The molecule has 0 aliphatic carbocycles. The average molecular weight is 408 g/mol. The van der Waals surface area contributed by atoms with Gasteiger partial charge in [-0.15, -0.1) is 0 Å². The number of nitrogens with zero attached hydrogens (tertiary/aromatic N) is 1. The Hall–Kier alpha value is -3.68. The van der Waals surface area contributed by atoms with Gasteiger partial charge in [0.25, 0.3) is 5.91 Å². The zero-order valence-electron chi connectivity index (χ0n) is 16.8. The van der Waals surface area contributed by atoms with E-state index in [0.29, 0.717) is 17.5 Å². The smallest absolute Gasteiger partial charge is 0.318 e. The van der Waals surface area contributed by atoms with Gasteiger partial charge >= 0.3 is 5.97 Å². The van der Waals surface area contributed by atoms with Gasteiger partial charge in [-0.25, -0.2) is 0 Å². The molecule has 156 valence electrons. The molecule has 3 rings (SSSR count). The fraction of sp³-hybridized carbons (Fsp3) is 0.273. The fourth-order valence-corrected chi connectivity index (χ4v) is 3.51. The molecule has 1 aliphatic rings. The highest BCUT2D eigenvalue weighted by Crippen LogP contribution is 2.24. The van der Waals surface area contributed by atoms with Gasteiger partial charge in [0.1, 0.15) is 11.8 Å². The minimum Gasteiger partial charge on any atom is -0.468 e. The summed E-state index contributed by atoms with van der Waals surface area (Å²) in [7, 11) is 2.87. The van der Waals surface area contributed by atoms with Crippen LogP contribution in [0, 0.1) is 11.3 Å². The number of esters is 1. The summed E-state index contributed by atoms with van der Waals surface area (Å²) in [5, 5.41) is 10.4. The molecule has 30 heavy (non-hydrogen) atoms. The second-order valence-corrected chi connectivity index (χ2v) is 7.20. The predicted molar refractivity (Wildman–Crippen MR) is 112 cm³/mol. The van der Waals surface area contributed by atoms with Gasteiger partial charge in [0.05, 0.1) is 13.2 Å². The molecule has 0 spiro atoms. The van der Waals surface area contributed by atoms with E-state index in [9.17, 15) is 14.4 Å². The Bertz CT molecular complexity index is 987. The van der Waals surface area contributed by atoms with Crippen LogP contribution in [0.25, 0.3) is 11.1 Å². The lowest BCUT2D eigenvalue weighted by molar-refractivity contribution is -0.150. The van der Waals surface area contributed by atoms with Crippen molar-refractivity contribution in [2.45, 2.75) is 12.5 Å². The first-order valence-corrected chi connectivity index (χ1v) is 9.49. The number of hydrogen-bond acceptors (Lipinski definition) is 5. The maximum Gasteiger partial charge on any atom is 0.318 e. The Labute approximate surface area is 174 Å². The third-order valence-electron chi connectivity index (χ3n) is 5.34. The van der Waals surface area contributed by atoms with E-state index in [1.807, 2.05) is 30.3 Å². The normalized spacial score (nSPS) is 18.2. The topological polar surface area (TPSA) is 126 Å². The third-order valence-corrected chi connectivity index (χ3v) is 5.34. The van der Waals surface area contributed by atoms with Crippen molar-refractivity contribution in [1.29, 1.82) is 5.41 Å². The minimum absolute atomic E-state index is 0.00218. The van der Waals surface area contributed by atoms with Crippen molar-refractivity contribution in [1.82, 2.24) is 10.2 Å². The van der Waals surface area contributed by atoms with Crippen LogP contribution in [0.15, 0.2) is 48.5 Å². The zero-order chi connectivity index (χ0) is 21.8. The van der Waals surface area contributed by atoms with Crippen molar-refractivity contribution in [3.05, 3.63) is 59.7 Å². The molecule has 2 aromatic carbocycles. The van der Waals surface area contributed by atoms with Crippen molar-refractivity contribution in [2.75, 3.05) is 20.7 Å². The van der Waals surface area contributed by atoms with E-state index < -0.39 is 11.9 Å². The van der Waals surface area contributed by atoms with Gasteiger partial charge in [-0.2, -0.15) is 0 Å². The number of rotatable bonds is 6. The first-order chi connectivity index (χ1) is 14.3. The molecule has 0 unspecified atom stereocenters. The first kappa shape index (κ1) is 21.0. The number of carbonyl (C=O) groups is 3. The summed E-state index contributed by atoms with van der Waals surface area (Å²) in [4.78, 5) is 37.8. The highest BCUT2D eigenvalue weighted by Gasteiger charge is 2.42. The van der Waals surface area contributed by atoms with E-state index in [-0.39, 0.29) is 30.2 Å². The SMILES string of the molecule is COC(=O)[C@H]1C[C@@H](CNC(=O)c2ccc(-c3cccc(C(=N)N)c3)cc2)N(C)C1=O. The molecule has 2 amide bonds. The van der Waals surface area contributed by atoms with Gasteiger partial charge in [-0.1, -0.05) is 30.3 Å². The molecule has 8 nitrogen and oxygen atoms in total. The molecule has 1 fully saturated rings. The van der Waals surface area contributed by atoms with Gasteiger partial charge in [0.15, 0.2) is 0 Å². The maximum atomic E-state index is 12.5. The van der Waals surface area contributed by atoms with E-state index in [2.05, 4.69) is 10.1 Å². The number of nitrogen functional groups attached to an aromatic ring is 1. The van der Waals surface area contributed by atoms with Crippen LogP contribution < -0.4 is 11.1 Å². The number of carbonyl (C=O) groups excluding carboxylic acids is 3. The second kappa shape index (κ2) is 8.77. The predicted octanol–water partition coefficient (Wildman–Crippen LogP) is 1.39. The van der Waals surface area contributed by atoms with Gasteiger partial charge in [-0.3, -0.25) is 19.8 Å². The summed E-state index contributed by atoms with van der Waals surface area (Å²) >= 11 is 0. The molecule has 0 saturated carbocycles. The third kappa shape index (κ3) is 4.32. The molecular formula is C22H24N4O4. The summed E-state index contributed by atoms with van der Waals surface area (Å²) in [6, 6.07) is 14.1. The zero-order valence-corrected chi connectivity index (χ0v) is 16.8. The Morgan fingerprint density at radius 1 is 1.17 bits per heavy atom. The number of nitrogens with one attached hydrogen (secondary N) is 2. The highest BCUT2D eigenvalue weighted by atomic mass is 16.5. The lowest BCUT2D eigenvalue weighted by Gasteiger charge is -2.19. The fourth-order valence-electron chi connectivity index (χ4n) is 3.51. The van der Waals surface area contributed by atoms with E-state index in [4.69, 9.17) is 11.1 Å². The molecule has 4 N–H and O–H groups in total. The first-order valence-electron chi connectivity index (χ1n) is 9.49. The number of ether oxygens (including phenoxy) is 1. The number of amidine groups is 1. The van der Waals surface area contributed by atoms with E-state index >= 15 is 0 Å². The summed E-state index contributed by atoms with van der Waals surface area (Å²) in [6.45, 7) is 0.247. The number of likely N-dealkylation sites (tertiary alicyclic amines) is 1. The number of hydrogen-bond donors (Lipinski definition) is 3. The van der Waals surface area contributed by atoms with Gasteiger partial charge in [-0.05, 0) is 35.7 Å². The number of likely N-dealkylation sites (N-methyl/N-ethyl adjacent to an activating group) is 1. The second-order valence-electron chi connectivity index (χ2n) is 7.20. The number of amides is 2. The van der Waals surface area contributed by atoms with Crippen molar-refractivity contribution >= 4 is 23.6 Å². The molecule has 0 bridgehead atoms. The average Bonchev–Trinajstić information content (AvgIpc) is 3.05. The molecule has 0 aromatic heterocycles. The largest absolute Gasteiger partial charge is 0.468 e. The summed E-state index contributed by atoms with van der Waals surface area (Å²) in [6.07, 6.45) is 0.313. The van der Waals surface area contributed by atoms with Gasteiger partial charge in [0.2, 0.25) is 5.91 Å². The Kier molecular flexibility index (Phi) is 6.15. The monoisotopic (exact) mass is 408 g/mol. The van der Waals surface area contributed by atoms with E-state index in [1.54, 1.807) is 25.2 Å². The lowest BCUT2D eigenvalue weighted by atomic mass is 10.0. The van der Waals surface area contributed by atoms with Crippen molar-refractivity contribution in [3.63, 3.8) is 0 Å². The Morgan fingerprint density at radius 2 is 1.87 bits per heavy atom. The van der Waals surface area contributed by atoms with E-state index in [0.717, 1.165) is 11.1 Å². The van der Waals surface area contributed by atoms with Crippen molar-refractivity contribution in [2.24, 2.45) is 11.7 Å². The maximum absolute atomic E-state index is 12.5. The lowest BCUT2D eigenvalue weighted by Crippen LogP contribution is -2.39. The van der Waals surface area contributed by atoms with Crippen LogP contribution in [0.2, 0.25) is 0 Å². The van der Waals surface area contributed by atoms with Gasteiger partial charge in [0, 0.05) is 24.7 Å². The minimum atomic E-state index is -0.813. The van der Waals surface area contributed by atoms with Crippen LogP contribution in [-0.2, 0) is 14.3 Å². The van der Waals surface area contributed by atoms with Crippen LogP contribution in [0.1, 0.15) is 22.3 Å². The van der Waals surface area contributed by atoms with Crippen LogP contribution in [0.4, 0.5) is 0 Å². The van der Waals surface area contributed by atoms with Crippen LogP contribution in [-0.4, -0.2) is 55.3 Å². The van der Waals surface area contributed by atoms with Crippen LogP contribution in [0.3, 0.4) is 0 Å². The summed E-state index contributed by atoms with van der Waals surface area (Å²) in [5.41, 5.74) is 8.46. The molecule has 1 heterocycles. The van der Waals surface area contributed by atoms with Crippen LogP contribution in [0.5, 0.6) is 0 Å². The molecule has 8 heteroatoms. The quantitative estimate of drug-likeness (QED) is 0.288. The van der Waals surface area contributed by atoms with Gasteiger partial charge < -0.3 is 20.7 Å². The summed E-state index contributed by atoms with van der Waals surface area (Å²) in [5.74, 6) is -1.92. The van der Waals surface area contributed by atoms with Crippen molar-refractivity contribution in [3.8, 4) is 11.1 Å². The molecule has 2 atom stereocenters. The molecule has 1 aliphatic heterocycles. The molecular weight excluding hydrogens is 384 g/mol. The van der Waals surface area contributed by atoms with E-state index in [1.165, 1.54) is 12.0 Å². The summed E-state index contributed by atoms with van der Waals surface area (Å²) < 4.78 is 4.67. The Balaban J connectivity index is 1.63. The van der Waals surface area contributed by atoms with Crippen molar-refractivity contribution < 1.29 is 19.1 Å². The highest BCUT2D eigenvalue weighted by molar-refractivity contribution is 6.00.